The highest BCUT2D eigenvalue weighted by atomic mass is 79.9. The van der Waals surface area contributed by atoms with Gasteiger partial charge < -0.3 is 4.42 Å². The predicted octanol–water partition coefficient (Wildman–Crippen LogP) is 3.87. The Kier molecular flexibility index (Phi) is 2.51. The summed E-state index contributed by atoms with van der Waals surface area (Å²) in [6.07, 6.45) is 1.62. The van der Waals surface area contributed by atoms with E-state index in [9.17, 15) is 0 Å². The Labute approximate surface area is 92.2 Å². The van der Waals surface area contributed by atoms with E-state index in [1.807, 2.05) is 24.3 Å². The molecule has 0 unspecified atom stereocenters. The van der Waals surface area contributed by atoms with Crippen molar-refractivity contribution in [2.45, 2.75) is 0 Å². The second kappa shape index (κ2) is 3.64. The average Bonchev–Trinajstić information content (AvgIpc) is 2.52. The molecule has 2 aromatic rings. The van der Waals surface area contributed by atoms with Crippen LogP contribution in [-0.4, -0.2) is 4.98 Å². The maximum Gasteiger partial charge on any atom is 0.264 e. The van der Waals surface area contributed by atoms with Gasteiger partial charge in [-0.25, -0.2) is 4.98 Å². The van der Waals surface area contributed by atoms with Crippen LogP contribution < -0.4 is 0 Å². The molecule has 0 atom stereocenters. The molecule has 1 heterocycles. The van der Waals surface area contributed by atoms with Crippen LogP contribution in [0.5, 0.6) is 0 Å². The van der Waals surface area contributed by atoms with E-state index in [1.54, 1.807) is 6.26 Å². The third-order valence-electron chi connectivity index (χ3n) is 1.60. The molecule has 66 valence electrons. The van der Waals surface area contributed by atoms with Crippen molar-refractivity contribution in [1.82, 2.24) is 4.98 Å². The van der Waals surface area contributed by atoms with E-state index in [-0.39, 0.29) is 0 Å². The maximum absolute atomic E-state index is 5.05. The Hall–Kier alpha value is -0.610. The number of rotatable bonds is 1. The summed E-state index contributed by atoms with van der Waals surface area (Å²) in [7, 11) is 0. The summed E-state index contributed by atoms with van der Waals surface area (Å²) in [5.41, 5.74) is 1.86. The van der Waals surface area contributed by atoms with E-state index in [0.29, 0.717) is 4.80 Å². The van der Waals surface area contributed by atoms with E-state index in [2.05, 4.69) is 36.8 Å². The van der Waals surface area contributed by atoms with Crippen molar-refractivity contribution in [2.75, 3.05) is 0 Å². The third kappa shape index (κ3) is 2.00. The molecule has 0 amide bonds. The van der Waals surface area contributed by atoms with Crippen molar-refractivity contribution >= 4 is 31.9 Å². The molecule has 13 heavy (non-hydrogen) atoms. The third-order valence-corrected chi connectivity index (χ3v) is 2.45. The van der Waals surface area contributed by atoms with Crippen LogP contribution in [0.25, 0.3) is 11.3 Å². The molecule has 0 radical (unpaired) electrons. The molecule has 0 fully saturated rings. The molecule has 1 aromatic carbocycles. The Morgan fingerprint density at radius 3 is 2.69 bits per heavy atom. The van der Waals surface area contributed by atoms with E-state index in [1.165, 1.54) is 0 Å². The number of oxazole rings is 1. The smallest absolute Gasteiger partial charge is 0.264 e. The molecule has 0 bridgehead atoms. The highest BCUT2D eigenvalue weighted by molar-refractivity contribution is 9.10. The molecule has 0 N–H and O–H groups in total. The van der Waals surface area contributed by atoms with Crippen LogP contribution in [0.1, 0.15) is 0 Å². The molecule has 0 aliphatic carbocycles. The van der Waals surface area contributed by atoms with E-state index in [4.69, 9.17) is 4.42 Å². The van der Waals surface area contributed by atoms with Crippen molar-refractivity contribution in [3.63, 3.8) is 0 Å². The standard InChI is InChI=1S/C9H5Br2NO/c10-7-3-1-2-6(4-7)8-5-13-9(11)12-8/h1-5H. The zero-order chi connectivity index (χ0) is 9.26. The molecule has 0 aliphatic rings. The van der Waals surface area contributed by atoms with Crippen LogP contribution in [0.3, 0.4) is 0 Å². The van der Waals surface area contributed by atoms with Gasteiger partial charge in [-0.05, 0) is 12.1 Å². The second-order valence-corrected chi connectivity index (χ2v) is 4.09. The summed E-state index contributed by atoms with van der Waals surface area (Å²) in [6, 6.07) is 7.90. The Morgan fingerprint density at radius 1 is 1.23 bits per heavy atom. The largest absolute Gasteiger partial charge is 0.439 e. The molecule has 0 saturated heterocycles. The fourth-order valence-electron chi connectivity index (χ4n) is 1.03. The zero-order valence-corrected chi connectivity index (χ0v) is 9.67. The van der Waals surface area contributed by atoms with Crippen LogP contribution in [0.4, 0.5) is 0 Å². The molecule has 0 saturated carbocycles. The summed E-state index contributed by atoms with van der Waals surface area (Å²) < 4.78 is 6.08. The van der Waals surface area contributed by atoms with Crippen LogP contribution in [0.2, 0.25) is 0 Å². The lowest BCUT2D eigenvalue weighted by molar-refractivity contribution is 0.529. The molecule has 1 aromatic heterocycles. The normalized spacial score (nSPS) is 10.3. The highest BCUT2D eigenvalue weighted by Gasteiger charge is 2.03. The van der Waals surface area contributed by atoms with E-state index >= 15 is 0 Å². The van der Waals surface area contributed by atoms with Gasteiger partial charge >= 0.3 is 0 Å². The van der Waals surface area contributed by atoms with Crippen molar-refractivity contribution in [3.05, 3.63) is 39.8 Å². The van der Waals surface area contributed by atoms with Gasteiger partial charge in [0.15, 0.2) is 0 Å². The maximum atomic E-state index is 5.05. The predicted molar refractivity (Wildman–Crippen MR) is 57.3 cm³/mol. The average molecular weight is 303 g/mol. The lowest BCUT2D eigenvalue weighted by Crippen LogP contribution is -1.76. The first-order valence-corrected chi connectivity index (χ1v) is 5.21. The lowest BCUT2D eigenvalue weighted by Gasteiger charge is -1.94. The Morgan fingerprint density at radius 2 is 2.08 bits per heavy atom. The van der Waals surface area contributed by atoms with Crippen LogP contribution in [0, 0.1) is 0 Å². The number of hydrogen-bond donors (Lipinski definition) is 0. The lowest BCUT2D eigenvalue weighted by atomic mass is 10.2. The van der Waals surface area contributed by atoms with Gasteiger partial charge in [0.2, 0.25) is 0 Å². The first kappa shape index (κ1) is 8.97. The monoisotopic (exact) mass is 301 g/mol. The summed E-state index contributed by atoms with van der Waals surface area (Å²) in [6.45, 7) is 0. The number of hydrogen-bond acceptors (Lipinski definition) is 2. The first-order chi connectivity index (χ1) is 6.25. The number of benzene rings is 1. The van der Waals surface area contributed by atoms with Crippen LogP contribution in [0.15, 0.2) is 44.2 Å². The molecular weight excluding hydrogens is 298 g/mol. The fourth-order valence-corrected chi connectivity index (χ4v) is 1.72. The number of nitrogens with zero attached hydrogens (tertiary/aromatic N) is 1. The van der Waals surface area contributed by atoms with Gasteiger partial charge in [-0.15, -0.1) is 0 Å². The molecule has 0 aliphatic heterocycles. The molecule has 2 rings (SSSR count). The zero-order valence-electron chi connectivity index (χ0n) is 6.50. The summed E-state index contributed by atoms with van der Waals surface area (Å²) in [5, 5.41) is 0. The topological polar surface area (TPSA) is 26.0 Å². The van der Waals surface area contributed by atoms with Gasteiger partial charge in [0.25, 0.3) is 4.80 Å². The van der Waals surface area contributed by atoms with Crippen molar-refractivity contribution in [3.8, 4) is 11.3 Å². The molecule has 4 heteroatoms. The van der Waals surface area contributed by atoms with Gasteiger partial charge in [0.1, 0.15) is 12.0 Å². The number of halogens is 2. The quantitative estimate of drug-likeness (QED) is 0.799. The minimum atomic E-state index is 0.502. The minimum absolute atomic E-state index is 0.502. The summed E-state index contributed by atoms with van der Waals surface area (Å²) in [5.74, 6) is 0. The van der Waals surface area contributed by atoms with Crippen molar-refractivity contribution in [1.29, 1.82) is 0 Å². The first-order valence-electron chi connectivity index (χ1n) is 3.63. The molecule has 0 spiro atoms. The SMILES string of the molecule is Brc1cccc(-c2coc(Br)n2)c1. The number of aromatic nitrogens is 1. The van der Waals surface area contributed by atoms with Gasteiger partial charge in [0.05, 0.1) is 0 Å². The van der Waals surface area contributed by atoms with Crippen molar-refractivity contribution < 1.29 is 4.42 Å². The van der Waals surface area contributed by atoms with Crippen molar-refractivity contribution in [2.24, 2.45) is 0 Å². The Bertz CT molecular complexity index is 425. The Balaban J connectivity index is 2.46. The van der Waals surface area contributed by atoms with Gasteiger partial charge in [-0.1, -0.05) is 28.1 Å². The van der Waals surface area contributed by atoms with Gasteiger partial charge in [-0.2, -0.15) is 0 Å². The minimum Gasteiger partial charge on any atom is -0.439 e. The highest BCUT2D eigenvalue weighted by Crippen LogP contribution is 2.23. The van der Waals surface area contributed by atoms with Crippen LogP contribution in [-0.2, 0) is 0 Å². The molecule has 2 nitrogen and oxygen atoms in total. The van der Waals surface area contributed by atoms with Gasteiger partial charge in [-0.3, -0.25) is 0 Å². The summed E-state index contributed by atoms with van der Waals surface area (Å²) >= 11 is 6.55. The van der Waals surface area contributed by atoms with Crippen LogP contribution >= 0.6 is 31.9 Å². The van der Waals surface area contributed by atoms with Gasteiger partial charge in [0, 0.05) is 26.0 Å². The molecular formula is C9H5Br2NO. The van der Waals surface area contributed by atoms with E-state index < -0.39 is 0 Å². The fraction of sp³-hybridized carbons (Fsp3) is 0. The summed E-state index contributed by atoms with van der Waals surface area (Å²) in [4.78, 5) is 4.65. The second-order valence-electron chi connectivity index (χ2n) is 2.50. The van der Waals surface area contributed by atoms with E-state index in [0.717, 1.165) is 15.7 Å².